The number of benzene rings is 1. The lowest BCUT2D eigenvalue weighted by molar-refractivity contribution is -0.128. The maximum absolute atomic E-state index is 12.4. The van der Waals surface area contributed by atoms with Gasteiger partial charge in [-0.15, -0.1) is 0 Å². The molecule has 0 saturated carbocycles. The Morgan fingerprint density at radius 3 is 2.62 bits per heavy atom. The summed E-state index contributed by atoms with van der Waals surface area (Å²) in [4.78, 5) is 12.4. The summed E-state index contributed by atoms with van der Waals surface area (Å²) < 4.78 is 26.7. The van der Waals surface area contributed by atoms with E-state index in [9.17, 15) is 13.2 Å². The number of carbonyl (C=O) groups excluding carboxylic acids is 1. The Bertz CT molecular complexity index is 681. The van der Waals surface area contributed by atoms with Crippen molar-refractivity contribution in [3.63, 3.8) is 0 Å². The maximum atomic E-state index is 12.4. The molecule has 3 rings (SSSR count). The monoisotopic (exact) mass is 311 g/mol. The molecule has 1 amide bonds. The number of carbonyl (C=O) groups is 1. The minimum Gasteiger partial charge on any atom is -0.371 e. The van der Waals surface area contributed by atoms with Gasteiger partial charge in [-0.2, -0.15) is 13.6 Å². The molecule has 0 radical (unpaired) electrons. The maximum Gasteiger partial charge on any atom is 0.380 e. The van der Waals surface area contributed by atoms with Crippen LogP contribution < -0.4 is 20.0 Å². The van der Waals surface area contributed by atoms with Crippen molar-refractivity contribution < 1.29 is 17.4 Å². The van der Waals surface area contributed by atoms with Gasteiger partial charge in [0.15, 0.2) is 0 Å². The number of amides is 1. The average molecular weight is 311 g/mol. The fraction of sp³-hybridized carbons (Fsp3) is 0.462. The first kappa shape index (κ1) is 14.3. The molecule has 1 spiro atoms. The molecule has 0 aromatic heterocycles. The third kappa shape index (κ3) is 2.61. The van der Waals surface area contributed by atoms with Gasteiger partial charge in [-0.1, -0.05) is 6.07 Å². The third-order valence-corrected chi connectivity index (χ3v) is 4.56. The van der Waals surface area contributed by atoms with Crippen molar-refractivity contribution in [2.75, 3.05) is 13.1 Å². The van der Waals surface area contributed by atoms with Crippen LogP contribution in [-0.4, -0.2) is 27.4 Å². The molecule has 1 aromatic rings. The van der Waals surface area contributed by atoms with Crippen molar-refractivity contribution in [3.8, 4) is 5.75 Å². The van der Waals surface area contributed by atoms with E-state index in [0.717, 1.165) is 37.1 Å². The third-order valence-electron chi connectivity index (χ3n) is 4.14. The van der Waals surface area contributed by atoms with Crippen LogP contribution in [0, 0.1) is 0 Å². The van der Waals surface area contributed by atoms with Gasteiger partial charge in [-0.25, -0.2) is 0 Å². The highest BCUT2D eigenvalue weighted by molar-refractivity contribution is 7.84. The molecule has 1 aromatic carbocycles. The zero-order valence-electron chi connectivity index (χ0n) is 11.4. The smallest absolute Gasteiger partial charge is 0.371 e. The van der Waals surface area contributed by atoms with Crippen molar-refractivity contribution in [2.45, 2.75) is 24.8 Å². The predicted molar refractivity (Wildman–Crippen MR) is 75.8 cm³/mol. The topological polar surface area (TPSA) is 111 Å². The second-order valence-electron chi connectivity index (χ2n) is 5.41. The molecular formula is C13H17N3O4S. The van der Waals surface area contributed by atoms with Gasteiger partial charge in [-0.3, -0.25) is 4.79 Å². The number of hydrogen-bond acceptors (Lipinski definition) is 5. The fourth-order valence-electron chi connectivity index (χ4n) is 3.19. The van der Waals surface area contributed by atoms with Gasteiger partial charge in [0.05, 0.1) is 5.41 Å². The van der Waals surface area contributed by atoms with Crippen LogP contribution in [0.1, 0.15) is 24.0 Å². The zero-order chi connectivity index (χ0) is 15.1. The van der Waals surface area contributed by atoms with E-state index >= 15 is 0 Å². The van der Waals surface area contributed by atoms with Crippen LogP contribution in [0.5, 0.6) is 5.75 Å². The number of hydrogen-bond donors (Lipinski definition) is 3. The van der Waals surface area contributed by atoms with E-state index in [1.165, 1.54) is 0 Å². The SMILES string of the molecule is NS(=O)(=O)Oc1ccc2c(c1)CNC(=O)C21CCNCC1. The zero-order valence-corrected chi connectivity index (χ0v) is 12.2. The van der Waals surface area contributed by atoms with Gasteiger partial charge in [0, 0.05) is 6.54 Å². The van der Waals surface area contributed by atoms with Crippen LogP contribution in [0.15, 0.2) is 18.2 Å². The number of rotatable bonds is 2. The van der Waals surface area contributed by atoms with Gasteiger partial charge in [0.1, 0.15) is 5.75 Å². The Balaban J connectivity index is 2.01. The summed E-state index contributed by atoms with van der Waals surface area (Å²) in [5.41, 5.74) is 1.30. The lowest BCUT2D eigenvalue weighted by Gasteiger charge is -2.41. The number of piperidine rings is 1. The van der Waals surface area contributed by atoms with Gasteiger partial charge >= 0.3 is 10.3 Å². The van der Waals surface area contributed by atoms with Crippen molar-refractivity contribution in [1.82, 2.24) is 10.6 Å². The van der Waals surface area contributed by atoms with Crippen LogP contribution in [0.2, 0.25) is 0 Å². The molecule has 7 nitrogen and oxygen atoms in total. The fourth-order valence-corrected chi connectivity index (χ4v) is 3.56. The largest absolute Gasteiger partial charge is 0.380 e. The second kappa shape index (κ2) is 4.97. The Hall–Kier alpha value is -1.64. The highest BCUT2D eigenvalue weighted by Gasteiger charge is 2.44. The second-order valence-corrected chi connectivity index (χ2v) is 6.56. The molecule has 2 aliphatic rings. The molecule has 4 N–H and O–H groups in total. The molecule has 2 aliphatic heterocycles. The van der Waals surface area contributed by atoms with E-state index in [1.807, 2.05) is 0 Å². The van der Waals surface area contributed by atoms with E-state index in [-0.39, 0.29) is 11.7 Å². The van der Waals surface area contributed by atoms with E-state index in [0.29, 0.717) is 6.54 Å². The molecule has 21 heavy (non-hydrogen) atoms. The van der Waals surface area contributed by atoms with Gasteiger partial charge in [-0.05, 0) is 49.2 Å². The van der Waals surface area contributed by atoms with Gasteiger partial charge in [0.25, 0.3) is 0 Å². The average Bonchev–Trinajstić information content (AvgIpc) is 2.43. The normalized spacial score (nSPS) is 20.7. The molecule has 1 fully saturated rings. The van der Waals surface area contributed by atoms with Crippen molar-refractivity contribution in [2.24, 2.45) is 5.14 Å². The van der Waals surface area contributed by atoms with Gasteiger partial charge in [0.2, 0.25) is 5.91 Å². The van der Waals surface area contributed by atoms with Crippen LogP contribution in [0.3, 0.4) is 0 Å². The van der Waals surface area contributed by atoms with Crippen LogP contribution >= 0.6 is 0 Å². The molecule has 0 bridgehead atoms. The summed E-state index contributed by atoms with van der Waals surface area (Å²) in [6.45, 7) is 1.93. The Labute approximate surface area is 123 Å². The first-order valence-electron chi connectivity index (χ1n) is 6.75. The van der Waals surface area contributed by atoms with Gasteiger partial charge < -0.3 is 14.8 Å². The number of nitrogens with one attached hydrogen (secondary N) is 2. The van der Waals surface area contributed by atoms with E-state index in [1.54, 1.807) is 18.2 Å². The Kier molecular flexibility index (Phi) is 3.39. The van der Waals surface area contributed by atoms with Crippen molar-refractivity contribution >= 4 is 16.2 Å². The summed E-state index contributed by atoms with van der Waals surface area (Å²) in [6.07, 6.45) is 1.45. The summed E-state index contributed by atoms with van der Waals surface area (Å²) in [5.74, 6) is 0.202. The number of fused-ring (bicyclic) bond motifs is 2. The summed E-state index contributed by atoms with van der Waals surface area (Å²) >= 11 is 0. The highest BCUT2D eigenvalue weighted by atomic mass is 32.2. The number of nitrogens with two attached hydrogens (primary N) is 1. The highest BCUT2D eigenvalue weighted by Crippen LogP contribution is 2.39. The molecule has 0 unspecified atom stereocenters. The summed E-state index contributed by atoms with van der Waals surface area (Å²) in [6, 6.07) is 4.95. The first-order chi connectivity index (χ1) is 9.91. The molecule has 114 valence electrons. The lowest BCUT2D eigenvalue weighted by Crippen LogP contribution is -2.53. The molecular weight excluding hydrogens is 294 g/mol. The lowest BCUT2D eigenvalue weighted by atomic mass is 9.69. The predicted octanol–water partition coefficient (Wildman–Crippen LogP) is -0.480. The quantitative estimate of drug-likeness (QED) is 0.683. The molecule has 0 atom stereocenters. The van der Waals surface area contributed by atoms with E-state index in [2.05, 4.69) is 10.6 Å². The minimum atomic E-state index is -4.05. The summed E-state index contributed by atoms with van der Waals surface area (Å²) in [7, 11) is -4.05. The van der Waals surface area contributed by atoms with E-state index in [4.69, 9.17) is 9.32 Å². The first-order valence-corrected chi connectivity index (χ1v) is 8.22. The molecule has 2 heterocycles. The Morgan fingerprint density at radius 2 is 1.95 bits per heavy atom. The Morgan fingerprint density at radius 1 is 1.24 bits per heavy atom. The minimum absolute atomic E-state index is 0.0385. The van der Waals surface area contributed by atoms with E-state index < -0.39 is 15.7 Å². The standard InChI is InChI=1S/C13H17N3O4S/c14-21(18,19)20-10-1-2-11-9(7-10)8-16-12(17)13(11)3-5-15-6-4-13/h1-2,7,15H,3-6,8H2,(H,16,17)(H2,14,18,19). The molecule has 1 saturated heterocycles. The molecule has 0 aliphatic carbocycles. The summed E-state index contributed by atoms with van der Waals surface area (Å²) in [5, 5.41) is 11.0. The van der Waals surface area contributed by atoms with Crippen LogP contribution in [0.25, 0.3) is 0 Å². The van der Waals surface area contributed by atoms with Crippen molar-refractivity contribution in [3.05, 3.63) is 29.3 Å². The van der Waals surface area contributed by atoms with Crippen LogP contribution in [0.4, 0.5) is 0 Å². The van der Waals surface area contributed by atoms with Crippen LogP contribution in [-0.2, 0) is 27.1 Å². The van der Waals surface area contributed by atoms with Crippen molar-refractivity contribution in [1.29, 1.82) is 0 Å². The molecule has 8 heteroatoms.